The number of hydrogen-bond acceptors (Lipinski definition) is 15. The lowest BCUT2D eigenvalue weighted by atomic mass is 9.91. The molecule has 0 spiro atoms. The van der Waals surface area contributed by atoms with Crippen molar-refractivity contribution >= 4 is 69.8 Å². The van der Waals surface area contributed by atoms with Crippen molar-refractivity contribution in [1.82, 2.24) is 34.7 Å². The smallest absolute Gasteiger partial charge is 0.280 e. The first-order valence-electron chi connectivity index (χ1n) is 21.5. The molecule has 22 heteroatoms. The largest absolute Gasteiger partial charge is 0.756 e. The number of anilines is 3. The molecule has 1 unspecified atom stereocenters. The van der Waals surface area contributed by atoms with Gasteiger partial charge in [-0.2, -0.15) is 4.98 Å². The number of nitrogens with zero attached hydrogens (tertiary/aromatic N) is 5. The monoisotopic (exact) mass is 946 g/mol. The molecule has 0 saturated carbocycles. The van der Waals surface area contributed by atoms with Gasteiger partial charge in [0, 0.05) is 84.1 Å². The number of carbonyl (C=O) groups is 2. The number of phosphoric ester groups is 1. The molecule has 1 aliphatic carbocycles. The third-order valence-electron chi connectivity index (χ3n) is 11.3. The summed E-state index contributed by atoms with van der Waals surface area (Å²) in [5.74, 6) is -0.479. The number of unbranched alkanes of at least 4 members (excludes halogenated alkanes) is 3. The molecule has 352 valence electrons. The Morgan fingerprint density at radius 1 is 0.985 bits per heavy atom. The molecule has 0 radical (unpaired) electrons. The lowest BCUT2D eigenvalue weighted by Crippen LogP contribution is -2.34. The Bertz CT molecular complexity index is 2870. The molecular formula is C44H55N10O10PS. The van der Waals surface area contributed by atoms with E-state index >= 15 is 0 Å². The van der Waals surface area contributed by atoms with Crippen LogP contribution in [0.25, 0.3) is 42.8 Å². The van der Waals surface area contributed by atoms with E-state index in [0.29, 0.717) is 38.0 Å². The summed E-state index contributed by atoms with van der Waals surface area (Å²) >= 11 is 1.73. The number of nitrogens with two attached hydrogens (primary N) is 1. The molecule has 3 aliphatic rings. The highest BCUT2D eigenvalue weighted by Crippen LogP contribution is 2.45. The third kappa shape index (κ3) is 11.1. The van der Waals surface area contributed by atoms with Crippen LogP contribution in [0.2, 0.25) is 0 Å². The predicted octanol–water partition coefficient (Wildman–Crippen LogP) is 2.18. The summed E-state index contributed by atoms with van der Waals surface area (Å²) < 4.78 is 25.6. The Labute approximate surface area is 383 Å². The van der Waals surface area contributed by atoms with E-state index in [2.05, 4.69) is 81.3 Å². The van der Waals surface area contributed by atoms with Crippen LogP contribution in [0.3, 0.4) is 0 Å². The van der Waals surface area contributed by atoms with Crippen molar-refractivity contribution in [3.8, 4) is 21.6 Å². The zero-order valence-electron chi connectivity index (χ0n) is 37.0. The van der Waals surface area contributed by atoms with Gasteiger partial charge in [-0.1, -0.05) is 37.1 Å². The first-order valence-corrected chi connectivity index (χ1v) is 23.9. The zero-order chi connectivity index (χ0) is 47.3. The van der Waals surface area contributed by atoms with Gasteiger partial charge < -0.3 is 55.8 Å². The summed E-state index contributed by atoms with van der Waals surface area (Å²) in [6.07, 6.45) is -2.35. The highest BCUT2D eigenvalue weighted by atomic mass is 32.1. The van der Waals surface area contributed by atoms with E-state index in [1.807, 2.05) is 52.5 Å². The molecule has 9 N–H and O–H groups in total. The first kappa shape index (κ1) is 48.2. The lowest BCUT2D eigenvalue weighted by Gasteiger charge is -2.21. The molecular weight excluding hydrogens is 892 g/mol. The number of phosphoric acid groups is 1. The second-order valence-corrected chi connectivity index (χ2v) is 18.7. The molecule has 20 nitrogen and oxygen atoms in total. The number of aliphatic hydroxyl groups is 2. The molecule has 4 aromatic rings. The minimum atomic E-state index is -5.15. The molecule has 2 aromatic carbocycles. The summed E-state index contributed by atoms with van der Waals surface area (Å²) in [7, 11) is 2.93. The van der Waals surface area contributed by atoms with E-state index in [1.54, 1.807) is 11.3 Å². The van der Waals surface area contributed by atoms with Crippen molar-refractivity contribution in [2.45, 2.75) is 63.1 Å². The number of nitrogen functional groups attached to an aromatic ring is 1. The maximum Gasteiger partial charge on any atom is 0.280 e. The molecule has 1 saturated heterocycles. The number of hydrogen-bond donors (Lipinski definition) is 8. The fourth-order valence-corrected chi connectivity index (χ4v) is 9.39. The van der Waals surface area contributed by atoms with E-state index in [0.717, 1.165) is 62.0 Å². The van der Waals surface area contributed by atoms with Gasteiger partial charge in [0.05, 0.1) is 6.61 Å². The van der Waals surface area contributed by atoms with Crippen LogP contribution in [0.5, 0.6) is 0 Å². The number of imidazole rings is 1. The quantitative estimate of drug-likeness (QED) is 0.0250. The number of aromatic nitrogens is 4. The van der Waals surface area contributed by atoms with Crippen LogP contribution >= 0.6 is 19.2 Å². The number of ether oxygens (including phenoxy) is 1. The zero-order valence-corrected chi connectivity index (χ0v) is 38.7. The summed E-state index contributed by atoms with van der Waals surface area (Å²) in [5, 5.41) is 32.6. The van der Waals surface area contributed by atoms with Crippen molar-refractivity contribution < 1.29 is 43.4 Å². The maximum atomic E-state index is 13.8. The fourth-order valence-electron chi connectivity index (χ4n) is 7.89. The van der Waals surface area contributed by atoms with Gasteiger partial charge in [-0.15, -0.1) is 11.3 Å². The van der Waals surface area contributed by atoms with E-state index < -0.39 is 44.5 Å². The number of fused-ring (bicyclic) bond motifs is 3. The Morgan fingerprint density at radius 3 is 2.47 bits per heavy atom. The molecule has 2 aromatic heterocycles. The van der Waals surface area contributed by atoms with Crippen LogP contribution in [-0.4, -0.2) is 119 Å². The average Bonchev–Trinajstić information content (AvgIpc) is 3.78. The first-order chi connectivity index (χ1) is 31.5. The Morgan fingerprint density at radius 2 is 1.73 bits per heavy atom. The molecule has 4 heterocycles. The Balaban J connectivity index is 0.879. The van der Waals surface area contributed by atoms with Crippen LogP contribution in [-0.2, 0) is 18.6 Å². The average molecular weight is 947 g/mol. The standard InChI is InChI=1S/C44H55N10O10PS/c1-52(2)25-15-17-29-32(22-25)66-33-23-26(53(3)4)16-18-30(33)35(29)27-12-7-8-13-28(27)40(58)47-21-11-14-34(55)46-19-9-5-6-10-20-48-44-49-36-39(50-43(45)51-41(36)59)54(44)42-38(57)37(56)31(64-42)24-63-65(60,61)62/h7-8,12-13,15-18,22-23,31,37-38,42,47,56-57H,5-6,9-11,14,19-21,24H2,1-4H3,(H6,45,46,51,55,58,59,60,61,62)/t31-,37-,38-,42-/m1/s1. The summed E-state index contributed by atoms with van der Waals surface area (Å²) in [6.45, 7) is 0.391. The minimum absolute atomic E-state index is 0.0549. The number of aromatic amines is 1. The number of nitrogens with one attached hydrogen (secondary N) is 4. The molecule has 2 amide bonds. The van der Waals surface area contributed by atoms with Crippen molar-refractivity contribution in [2.75, 3.05) is 70.4 Å². The Kier molecular flexibility index (Phi) is 15.2. The molecule has 2 aliphatic heterocycles. The normalized spacial score (nSPS) is 18.1. The van der Waals surface area contributed by atoms with Gasteiger partial charge >= 0.3 is 0 Å². The second-order valence-electron chi connectivity index (χ2n) is 16.5. The topological polar surface area (TPSA) is 285 Å². The number of benzene rings is 3. The summed E-state index contributed by atoms with van der Waals surface area (Å²) in [4.78, 5) is 73.2. The van der Waals surface area contributed by atoms with Crippen molar-refractivity contribution in [2.24, 2.45) is 0 Å². The van der Waals surface area contributed by atoms with Crippen LogP contribution in [0, 0.1) is 0 Å². The molecule has 5 atom stereocenters. The number of H-pyrrole nitrogens is 1. The van der Waals surface area contributed by atoms with Crippen LogP contribution < -0.4 is 47.0 Å². The van der Waals surface area contributed by atoms with Crippen LogP contribution in [0.4, 0.5) is 17.6 Å². The van der Waals surface area contributed by atoms with Crippen molar-refractivity contribution in [3.63, 3.8) is 0 Å². The highest BCUT2D eigenvalue weighted by Gasteiger charge is 2.46. The molecule has 7 rings (SSSR count). The van der Waals surface area contributed by atoms with E-state index in [-0.39, 0.29) is 41.3 Å². The van der Waals surface area contributed by atoms with Crippen LogP contribution in [0.1, 0.15) is 55.1 Å². The Hall–Kier alpha value is -5.77. The number of rotatable bonds is 19. The minimum Gasteiger partial charge on any atom is -0.756 e. The number of carbonyl (C=O) groups excluding carboxylic acids is 2. The van der Waals surface area contributed by atoms with Gasteiger partial charge in [0.15, 0.2) is 17.4 Å². The van der Waals surface area contributed by atoms with Gasteiger partial charge in [0.1, 0.15) is 32.4 Å². The molecule has 0 bridgehead atoms. The third-order valence-corrected chi connectivity index (χ3v) is 12.9. The summed E-state index contributed by atoms with van der Waals surface area (Å²) in [6, 6.07) is 20.5. The van der Waals surface area contributed by atoms with Crippen molar-refractivity contribution in [3.05, 3.63) is 81.9 Å². The second kappa shape index (κ2) is 20.8. The van der Waals surface area contributed by atoms with Gasteiger partial charge in [-0.05, 0) is 54.7 Å². The van der Waals surface area contributed by atoms with Gasteiger partial charge in [-0.3, -0.25) is 28.5 Å². The molecule has 1 fully saturated rings. The van der Waals surface area contributed by atoms with Crippen LogP contribution in [0.15, 0.2) is 65.5 Å². The van der Waals surface area contributed by atoms with E-state index in [9.17, 15) is 34.1 Å². The lowest BCUT2D eigenvalue weighted by molar-refractivity contribution is -0.222. The van der Waals surface area contributed by atoms with Gasteiger partial charge in [-0.25, -0.2) is 9.56 Å². The highest BCUT2D eigenvalue weighted by molar-refractivity contribution is 7.44. The summed E-state index contributed by atoms with van der Waals surface area (Å²) in [5.41, 5.74) is 9.49. The number of aliphatic hydroxyl groups excluding tert-OH is 2. The number of amides is 2. The maximum absolute atomic E-state index is 13.8. The fraction of sp³-hybridized carbons (Fsp3) is 0.409. The van der Waals surface area contributed by atoms with E-state index in [4.69, 9.17) is 15.4 Å². The van der Waals surface area contributed by atoms with Gasteiger partial charge in [0.2, 0.25) is 23.2 Å². The van der Waals surface area contributed by atoms with E-state index in [1.165, 1.54) is 4.57 Å². The molecule has 66 heavy (non-hydrogen) atoms. The van der Waals surface area contributed by atoms with Gasteiger partial charge in [0.25, 0.3) is 19.3 Å². The SMILES string of the molecule is CN(C)c1ccc2c(-c3ccccc3C(=O)NCCCC(=O)NCCCCCCNc3nc4c(=O)[nH]c(N)nc4n3[C@@H]3O[C@H](COP(=O)([O-])O)[C@@H](O)[C@H]3O)c3ccc(=[N+](C)C)cc-3sc2c1. The van der Waals surface area contributed by atoms with Crippen molar-refractivity contribution in [1.29, 1.82) is 0 Å². The predicted molar refractivity (Wildman–Crippen MR) is 251 cm³/mol.